The third-order valence-electron chi connectivity index (χ3n) is 5.30. The van der Waals surface area contributed by atoms with Gasteiger partial charge in [-0.15, -0.1) is 0 Å². The number of nitrogens with zero attached hydrogens (tertiary/aromatic N) is 2. The Morgan fingerprint density at radius 2 is 1.94 bits per heavy atom. The highest BCUT2D eigenvalue weighted by Gasteiger charge is 2.21. The molecule has 0 saturated carbocycles. The number of benzene rings is 2. The van der Waals surface area contributed by atoms with Gasteiger partial charge < -0.3 is 10.1 Å². The Kier molecular flexibility index (Phi) is 6.57. The first-order chi connectivity index (χ1) is 15.2. The van der Waals surface area contributed by atoms with E-state index < -0.39 is 5.97 Å². The largest absolute Gasteiger partial charge is 0.452 e. The van der Waals surface area contributed by atoms with Crippen LogP contribution in [-0.4, -0.2) is 28.3 Å². The van der Waals surface area contributed by atoms with Crippen molar-refractivity contribution < 1.29 is 14.3 Å². The number of fused-ring (bicyclic) bond motifs is 1. The number of amides is 1. The first kappa shape index (κ1) is 20.6. The van der Waals surface area contributed by atoms with Gasteiger partial charge in [0.1, 0.15) is 0 Å². The zero-order valence-electron chi connectivity index (χ0n) is 17.2. The van der Waals surface area contributed by atoms with Crippen LogP contribution in [0.3, 0.4) is 0 Å². The lowest BCUT2D eigenvalue weighted by atomic mass is 9.88. The quantitative estimate of drug-likeness (QED) is 0.472. The third kappa shape index (κ3) is 5.69. The van der Waals surface area contributed by atoms with Crippen molar-refractivity contribution in [1.29, 1.82) is 0 Å². The van der Waals surface area contributed by atoms with Gasteiger partial charge in [0.15, 0.2) is 6.61 Å². The molecule has 0 radical (unpaired) electrons. The van der Waals surface area contributed by atoms with Crippen LogP contribution < -0.4 is 5.32 Å². The predicted molar refractivity (Wildman–Crippen MR) is 118 cm³/mol. The molecule has 1 atom stereocenters. The second-order valence-corrected chi connectivity index (χ2v) is 7.61. The molecular formula is C25H25N3O3. The van der Waals surface area contributed by atoms with Gasteiger partial charge in [0, 0.05) is 17.8 Å². The van der Waals surface area contributed by atoms with Crippen molar-refractivity contribution in [2.24, 2.45) is 0 Å². The Hall–Kier alpha value is -3.67. The molecule has 0 saturated heterocycles. The number of hydrogen-bond donors (Lipinski definition) is 1. The van der Waals surface area contributed by atoms with Gasteiger partial charge in [0.2, 0.25) is 0 Å². The van der Waals surface area contributed by atoms with E-state index in [0.29, 0.717) is 6.54 Å². The minimum Gasteiger partial charge on any atom is -0.452 e. The number of rotatable bonds is 7. The summed E-state index contributed by atoms with van der Waals surface area (Å²) in [5.74, 6) is -0.853. The minimum atomic E-state index is -0.560. The first-order valence-corrected chi connectivity index (χ1v) is 10.5. The number of esters is 1. The molecule has 6 nitrogen and oxygen atoms in total. The smallest absolute Gasteiger partial charge is 0.331 e. The molecule has 6 heteroatoms. The van der Waals surface area contributed by atoms with Gasteiger partial charge in [-0.3, -0.25) is 9.48 Å². The van der Waals surface area contributed by atoms with Crippen molar-refractivity contribution in [2.45, 2.75) is 31.8 Å². The van der Waals surface area contributed by atoms with E-state index in [1.807, 2.05) is 54.7 Å². The fraction of sp³-hybridized carbons (Fsp3) is 0.240. The number of aromatic nitrogens is 2. The predicted octanol–water partition coefficient (Wildman–Crippen LogP) is 3.68. The molecular weight excluding hydrogens is 390 g/mol. The average Bonchev–Trinajstić information content (AvgIpc) is 3.24. The number of hydrogen-bond acceptors (Lipinski definition) is 4. The average molecular weight is 415 g/mol. The lowest BCUT2D eigenvalue weighted by Crippen LogP contribution is -2.34. The Balaban J connectivity index is 1.24. The summed E-state index contributed by atoms with van der Waals surface area (Å²) in [6.07, 6.45) is 9.43. The molecule has 0 unspecified atom stereocenters. The maximum absolute atomic E-state index is 12.3. The van der Waals surface area contributed by atoms with Gasteiger partial charge in [-0.1, -0.05) is 54.6 Å². The lowest BCUT2D eigenvalue weighted by Gasteiger charge is -2.26. The van der Waals surface area contributed by atoms with E-state index in [1.165, 1.54) is 11.6 Å². The molecule has 2 aromatic carbocycles. The van der Waals surface area contributed by atoms with Crippen LogP contribution in [0.4, 0.5) is 0 Å². The summed E-state index contributed by atoms with van der Waals surface area (Å²) in [7, 11) is 0. The Bertz CT molecular complexity index is 1070. The number of ether oxygens (including phenoxy) is 1. The molecule has 1 aliphatic carbocycles. The standard InChI is InChI=1S/C25H25N3O3/c29-24(27-23-12-6-10-21-9-4-5-11-22(21)23)18-31-25(30)14-13-20-15-26-28(17-20)16-19-7-2-1-3-8-19/h1-5,7-9,11,13-15,17,23H,6,10,12,16,18H2,(H,27,29)/b14-13+/t23-/m1/s1. The number of carbonyl (C=O) groups excluding carboxylic acids is 2. The summed E-state index contributed by atoms with van der Waals surface area (Å²) in [4.78, 5) is 24.2. The van der Waals surface area contributed by atoms with E-state index in [1.54, 1.807) is 17.0 Å². The molecule has 1 heterocycles. The highest BCUT2D eigenvalue weighted by molar-refractivity contribution is 5.89. The van der Waals surface area contributed by atoms with Crippen molar-refractivity contribution in [1.82, 2.24) is 15.1 Å². The van der Waals surface area contributed by atoms with Crippen molar-refractivity contribution in [2.75, 3.05) is 6.61 Å². The molecule has 0 fully saturated rings. The minimum absolute atomic E-state index is 0.0258. The molecule has 158 valence electrons. The van der Waals surface area contributed by atoms with Gasteiger partial charge in [-0.25, -0.2) is 4.79 Å². The summed E-state index contributed by atoms with van der Waals surface area (Å²) in [6.45, 7) is 0.360. The number of carbonyl (C=O) groups is 2. The van der Waals surface area contributed by atoms with Gasteiger partial charge in [-0.2, -0.15) is 5.10 Å². The normalized spacial score (nSPS) is 15.4. The van der Waals surface area contributed by atoms with E-state index in [2.05, 4.69) is 16.5 Å². The van der Waals surface area contributed by atoms with Crippen LogP contribution in [0.5, 0.6) is 0 Å². The van der Waals surface area contributed by atoms with E-state index >= 15 is 0 Å². The van der Waals surface area contributed by atoms with Crippen LogP contribution in [0.2, 0.25) is 0 Å². The van der Waals surface area contributed by atoms with Gasteiger partial charge in [-0.05, 0) is 42.0 Å². The van der Waals surface area contributed by atoms with Crippen LogP contribution >= 0.6 is 0 Å². The molecule has 4 rings (SSSR count). The SMILES string of the molecule is O=C(COC(=O)/C=C/c1cnn(Cc2ccccc2)c1)N[C@@H]1CCCc2ccccc21. The van der Waals surface area contributed by atoms with E-state index in [0.717, 1.165) is 36.0 Å². The molecule has 3 aromatic rings. The maximum Gasteiger partial charge on any atom is 0.331 e. The van der Waals surface area contributed by atoms with E-state index in [9.17, 15) is 9.59 Å². The second kappa shape index (κ2) is 9.89. The molecule has 0 spiro atoms. The van der Waals surface area contributed by atoms with Crippen LogP contribution in [0.25, 0.3) is 6.08 Å². The zero-order valence-corrected chi connectivity index (χ0v) is 17.2. The van der Waals surface area contributed by atoms with Crippen LogP contribution in [0, 0.1) is 0 Å². The molecule has 0 aliphatic heterocycles. The number of aryl methyl sites for hydroxylation is 1. The molecule has 0 bridgehead atoms. The highest BCUT2D eigenvalue weighted by atomic mass is 16.5. The monoisotopic (exact) mass is 415 g/mol. The molecule has 1 amide bonds. The fourth-order valence-corrected chi connectivity index (χ4v) is 3.81. The van der Waals surface area contributed by atoms with Crippen molar-refractivity contribution in [3.05, 3.63) is 95.3 Å². The van der Waals surface area contributed by atoms with Crippen molar-refractivity contribution in [3.8, 4) is 0 Å². The zero-order chi connectivity index (χ0) is 21.5. The second-order valence-electron chi connectivity index (χ2n) is 7.61. The van der Waals surface area contributed by atoms with Crippen LogP contribution in [0.15, 0.2) is 73.1 Å². The highest BCUT2D eigenvalue weighted by Crippen LogP contribution is 2.29. The van der Waals surface area contributed by atoms with Crippen LogP contribution in [0.1, 0.15) is 41.1 Å². The van der Waals surface area contributed by atoms with Crippen molar-refractivity contribution in [3.63, 3.8) is 0 Å². The van der Waals surface area contributed by atoms with E-state index in [4.69, 9.17) is 4.74 Å². The topological polar surface area (TPSA) is 73.2 Å². The van der Waals surface area contributed by atoms with Crippen LogP contribution in [-0.2, 0) is 27.3 Å². The Morgan fingerprint density at radius 1 is 1.13 bits per heavy atom. The summed E-state index contributed by atoms with van der Waals surface area (Å²) < 4.78 is 6.89. The third-order valence-corrected chi connectivity index (χ3v) is 5.30. The van der Waals surface area contributed by atoms with Gasteiger partial charge in [0.25, 0.3) is 5.91 Å². The summed E-state index contributed by atoms with van der Waals surface area (Å²) in [5, 5.41) is 7.27. The number of nitrogens with one attached hydrogen (secondary N) is 1. The molecule has 1 N–H and O–H groups in total. The van der Waals surface area contributed by atoms with Crippen molar-refractivity contribution >= 4 is 18.0 Å². The Morgan fingerprint density at radius 3 is 2.81 bits per heavy atom. The maximum atomic E-state index is 12.3. The summed E-state index contributed by atoms with van der Waals surface area (Å²) in [5.41, 5.74) is 4.36. The molecule has 1 aromatic heterocycles. The summed E-state index contributed by atoms with van der Waals surface area (Å²) >= 11 is 0. The lowest BCUT2D eigenvalue weighted by molar-refractivity contribution is -0.144. The molecule has 1 aliphatic rings. The Labute approximate surface area is 181 Å². The summed E-state index contributed by atoms with van der Waals surface area (Å²) in [6, 6.07) is 18.1. The van der Waals surface area contributed by atoms with Gasteiger partial charge in [0.05, 0.1) is 18.8 Å². The van der Waals surface area contributed by atoms with E-state index in [-0.39, 0.29) is 18.6 Å². The first-order valence-electron chi connectivity index (χ1n) is 10.5. The van der Waals surface area contributed by atoms with Gasteiger partial charge >= 0.3 is 5.97 Å². The molecule has 31 heavy (non-hydrogen) atoms. The fourth-order valence-electron chi connectivity index (χ4n) is 3.81.